The van der Waals surface area contributed by atoms with Gasteiger partial charge in [-0.2, -0.15) is 0 Å². The first-order chi connectivity index (χ1) is 9.63. The van der Waals surface area contributed by atoms with Gasteiger partial charge in [0.15, 0.2) is 0 Å². The van der Waals surface area contributed by atoms with E-state index in [1.807, 2.05) is 7.05 Å². The Balaban J connectivity index is 1.66. The van der Waals surface area contributed by atoms with Gasteiger partial charge in [-0.1, -0.05) is 0 Å². The van der Waals surface area contributed by atoms with Gasteiger partial charge in [-0.05, 0) is 23.0 Å². The van der Waals surface area contributed by atoms with E-state index in [9.17, 15) is 4.79 Å². The average Bonchev–Trinajstić information content (AvgIpc) is 2.45. The molecule has 2 heterocycles. The van der Waals surface area contributed by atoms with Gasteiger partial charge in [0.25, 0.3) is 0 Å². The molecule has 2 amide bonds. The summed E-state index contributed by atoms with van der Waals surface area (Å²) >= 11 is 3.26. The summed E-state index contributed by atoms with van der Waals surface area (Å²) in [5.41, 5.74) is 0. The zero-order valence-corrected chi connectivity index (χ0v) is 12.9. The molecule has 0 radical (unpaired) electrons. The molecule has 1 aromatic heterocycles. The topological polar surface area (TPSA) is 79.4 Å². The SMILES string of the molecule is CN1CCOC(CNC(=O)NCc2ncc(Br)cn2)C1. The molecule has 2 rings (SSSR count). The lowest BCUT2D eigenvalue weighted by atomic mass is 10.3. The molecule has 1 atom stereocenters. The minimum Gasteiger partial charge on any atom is -0.374 e. The van der Waals surface area contributed by atoms with Gasteiger partial charge >= 0.3 is 6.03 Å². The van der Waals surface area contributed by atoms with Crippen LogP contribution in [0.3, 0.4) is 0 Å². The van der Waals surface area contributed by atoms with Crippen molar-refractivity contribution in [3.8, 4) is 0 Å². The number of carbonyl (C=O) groups excluding carboxylic acids is 1. The Morgan fingerprint density at radius 3 is 2.95 bits per heavy atom. The highest BCUT2D eigenvalue weighted by Gasteiger charge is 2.18. The Labute approximate surface area is 126 Å². The van der Waals surface area contributed by atoms with Crippen molar-refractivity contribution in [3.63, 3.8) is 0 Å². The lowest BCUT2D eigenvalue weighted by Crippen LogP contribution is -2.47. The molecule has 20 heavy (non-hydrogen) atoms. The Hall–Kier alpha value is -1.25. The van der Waals surface area contributed by atoms with Crippen molar-refractivity contribution in [2.24, 2.45) is 0 Å². The number of morpholine rings is 1. The van der Waals surface area contributed by atoms with E-state index in [4.69, 9.17) is 4.74 Å². The van der Waals surface area contributed by atoms with E-state index in [1.54, 1.807) is 12.4 Å². The maximum Gasteiger partial charge on any atom is 0.315 e. The van der Waals surface area contributed by atoms with E-state index < -0.39 is 0 Å². The third-order valence-corrected chi connectivity index (χ3v) is 3.32. The highest BCUT2D eigenvalue weighted by atomic mass is 79.9. The average molecular weight is 344 g/mol. The van der Waals surface area contributed by atoms with Crippen LogP contribution in [-0.2, 0) is 11.3 Å². The normalized spacial score (nSPS) is 19.6. The van der Waals surface area contributed by atoms with Crippen LogP contribution in [0.5, 0.6) is 0 Å². The van der Waals surface area contributed by atoms with Crippen LogP contribution in [0.15, 0.2) is 16.9 Å². The predicted octanol–water partition coefficient (Wildman–Crippen LogP) is 0.369. The fraction of sp³-hybridized carbons (Fsp3) is 0.583. The number of rotatable bonds is 4. The van der Waals surface area contributed by atoms with Crippen LogP contribution in [0.2, 0.25) is 0 Å². The van der Waals surface area contributed by atoms with Crippen molar-refractivity contribution >= 4 is 22.0 Å². The first-order valence-corrected chi connectivity index (χ1v) is 7.21. The summed E-state index contributed by atoms with van der Waals surface area (Å²) in [6, 6.07) is -0.242. The number of aromatic nitrogens is 2. The third kappa shape index (κ3) is 5.03. The monoisotopic (exact) mass is 343 g/mol. The van der Waals surface area contributed by atoms with Gasteiger partial charge in [0.1, 0.15) is 5.82 Å². The number of amides is 2. The minimum atomic E-state index is -0.242. The maximum absolute atomic E-state index is 11.7. The van der Waals surface area contributed by atoms with Crippen LogP contribution in [0.25, 0.3) is 0 Å². The second-order valence-corrected chi connectivity index (χ2v) is 5.55. The molecule has 7 nitrogen and oxygen atoms in total. The lowest BCUT2D eigenvalue weighted by molar-refractivity contribution is -0.0167. The number of likely N-dealkylation sites (N-methyl/N-ethyl adjacent to an activating group) is 1. The maximum atomic E-state index is 11.7. The van der Waals surface area contributed by atoms with Crippen molar-refractivity contribution in [2.75, 3.05) is 33.3 Å². The third-order valence-electron chi connectivity index (χ3n) is 2.91. The van der Waals surface area contributed by atoms with Gasteiger partial charge in [0, 0.05) is 32.0 Å². The van der Waals surface area contributed by atoms with Crippen LogP contribution in [0, 0.1) is 0 Å². The predicted molar refractivity (Wildman–Crippen MR) is 77.2 cm³/mol. The van der Waals surface area contributed by atoms with Crippen molar-refractivity contribution in [3.05, 3.63) is 22.7 Å². The lowest BCUT2D eigenvalue weighted by Gasteiger charge is -2.30. The highest BCUT2D eigenvalue weighted by molar-refractivity contribution is 9.10. The van der Waals surface area contributed by atoms with Crippen molar-refractivity contribution in [1.82, 2.24) is 25.5 Å². The molecule has 1 unspecified atom stereocenters. The molecule has 0 bridgehead atoms. The summed E-state index contributed by atoms with van der Waals surface area (Å²) in [5, 5.41) is 5.50. The Morgan fingerprint density at radius 1 is 1.50 bits per heavy atom. The van der Waals surface area contributed by atoms with Gasteiger partial charge in [-0.25, -0.2) is 14.8 Å². The zero-order valence-electron chi connectivity index (χ0n) is 11.3. The summed E-state index contributed by atoms with van der Waals surface area (Å²) in [6.07, 6.45) is 3.34. The molecule has 0 aliphatic carbocycles. The first kappa shape index (κ1) is 15.1. The van der Waals surface area contributed by atoms with Crippen molar-refractivity contribution in [2.45, 2.75) is 12.6 Å². The summed E-state index contributed by atoms with van der Waals surface area (Å²) in [7, 11) is 2.04. The van der Waals surface area contributed by atoms with E-state index in [0.717, 1.165) is 17.6 Å². The van der Waals surface area contributed by atoms with Crippen LogP contribution >= 0.6 is 15.9 Å². The van der Waals surface area contributed by atoms with Gasteiger partial charge in [0.2, 0.25) is 0 Å². The molecular formula is C12H18BrN5O2. The Kier molecular flexibility index (Phi) is 5.69. The first-order valence-electron chi connectivity index (χ1n) is 6.42. The molecule has 2 N–H and O–H groups in total. The second-order valence-electron chi connectivity index (χ2n) is 4.64. The quantitative estimate of drug-likeness (QED) is 0.825. The summed E-state index contributed by atoms with van der Waals surface area (Å²) in [6.45, 7) is 3.26. The molecule has 1 saturated heterocycles. The van der Waals surface area contributed by atoms with E-state index in [2.05, 4.69) is 41.4 Å². The Bertz CT molecular complexity index is 442. The van der Waals surface area contributed by atoms with E-state index in [-0.39, 0.29) is 12.1 Å². The van der Waals surface area contributed by atoms with Crippen LogP contribution < -0.4 is 10.6 Å². The number of ether oxygens (including phenoxy) is 1. The fourth-order valence-electron chi connectivity index (χ4n) is 1.85. The van der Waals surface area contributed by atoms with Gasteiger partial charge < -0.3 is 20.3 Å². The number of hydrogen-bond acceptors (Lipinski definition) is 5. The van der Waals surface area contributed by atoms with Crippen molar-refractivity contribution in [1.29, 1.82) is 0 Å². The smallest absolute Gasteiger partial charge is 0.315 e. The molecule has 0 aromatic carbocycles. The molecule has 110 valence electrons. The number of nitrogens with one attached hydrogen (secondary N) is 2. The van der Waals surface area contributed by atoms with Crippen LogP contribution in [0.4, 0.5) is 4.79 Å². The fourth-order valence-corrected chi connectivity index (χ4v) is 2.05. The number of hydrogen-bond donors (Lipinski definition) is 2. The highest BCUT2D eigenvalue weighted by Crippen LogP contribution is 2.04. The molecule has 0 spiro atoms. The molecule has 1 aromatic rings. The summed E-state index contributed by atoms with van der Waals surface area (Å²) in [5.74, 6) is 0.567. The molecule has 1 fully saturated rings. The molecule has 1 aliphatic heterocycles. The number of carbonyl (C=O) groups is 1. The number of nitrogens with zero attached hydrogens (tertiary/aromatic N) is 3. The molecule has 1 aliphatic rings. The summed E-state index contributed by atoms with van der Waals surface area (Å²) in [4.78, 5) is 22.0. The number of halogens is 1. The molecular weight excluding hydrogens is 326 g/mol. The molecule has 0 saturated carbocycles. The standard InChI is InChI=1S/C12H18BrN5O2/c1-18-2-3-20-10(8-18)6-16-12(19)17-7-11-14-4-9(13)5-15-11/h4-5,10H,2-3,6-8H2,1H3,(H2,16,17,19). The van der Waals surface area contributed by atoms with E-state index >= 15 is 0 Å². The van der Waals surface area contributed by atoms with Crippen LogP contribution in [0.1, 0.15) is 5.82 Å². The zero-order chi connectivity index (χ0) is 14.4. The van der Waals surface area contributed by atoms with E-state index in [0.29, 0.717) is 25.5 Å². The van der Waals surface area contributed by atoms with Gasteiger partial charge in [-0.3, -0.25) is 0 Å². The Morgan fingerprint density at radius 2 is 2.25 bits per heavy atom. The van der Waals surface area contributed by atoms with Gasteiger partial charge in [0.05, 0.1) is 23.7 Å². The van der Waals surface area contributed by atoms with Crippen LogP contribution in [-0.4, -0.2) is 60.3 Å². The second kappa shape index (κ2) is 7.51. The molecule has 8 heteroatoms. The summed E-state index contributed by atoms with van der Waals surface area (Å²) < 4.78 is 6.37. The van der Waals surface area contributed by atoms with Gasteiger partial charge in [-0.15, -0.1) is 0 Å². The van der Waals surface area contributed by atoms with Crippen molar-refractivity contribution < 1.29 is 9.53 Å². The minimum absolute atomic E-state index is 0.0448. The largest absolute Gasteiger partial charge is 0.374 e. The van der Waals surface area contributed by atoms with E-state index in [1.165, 1.54) is 0 Å². The number of urea groups is 1.